The lowest BCUT2D eigenvalue weighted by Gasteiger charge is -2.28. The summed E-state index contributed by atoms with van der Waals surface area (Å²) in [6, 6.07) is 23.2. The number of anilines is 1. The lowest BCUT2D eigenvalue weighted by molar-refractivity contribution is -0.117. The predicted octanol–water partition coefficient (Wildman–Crippen LogP) is 4.25. The van der Waals surface area contributed by atoms with Gasteiger partial charge in [0.2, 0.25) is 5.91 Å². The zero-order valence-corrected chi connectivity index (χ0v) is 15.2. The molecule has 2 aliphatic rings. The van der Waals surface area contributed by atoms with Crippen LogP contribution in [-0.2, 0) is 24.2 Å². The van der Waals surface area contributed by atoms with E-state index in [1.54, 1.807) is 0 Å². The Hall–Kier alpha value is -2.91. The molecule has 5 rings (SSSR count). The van der Waals surface area contributed by atoms with Crippen molar-refractivity contribution in [3.63, 3.8) is 0 Å². The molecule has 3 nitrogen and oxygen atoms in total. The van der Waals surface area contributed by atoms with Crippen LogP contribution in [0.25, 0.3) is 11.1 Å². The normalized spacial score (nSPS) is 15.0. The zero-order valence-electron chi connectivity index (χ0n) is 15.2. The Morgan fingerprint density at radius 1 is 0.852 bits per heavy atom. The number of rotatable bonds is 3. The molecule has 0 bridgehead atoms. The van der Waals surface area contributed by atoms with E-state index >= 15 is 0 Å². The van der Waals surface area contributed by atoms with E-state index in [1.165, 1.54) is 33.4 Å². The third-order valence-corrected chi connectivity index (χ3v) is 5.70. The van der Waals surface area contributed by atoms with Crippen LogP contribution in [-0.4, -0.2) is 23.9 Å². The second-order valence-corrected chi connectivity index (χ2v) is 7.44. The Morgan fingerprint density at radius 2 is 1.59 bits per heavy atom. The van der Waals surface area contributed by atoms with Crippen LogP contribution in [0.3, 0.4) is 0 Å². The molecule has 1 heterocycles. The van der Waals surface area contributed by atoms with Crippen LogP contribution in [0.1, 0.15) is 22.3 Å². The Bertz CT molecular complexity index is 1020. The molecular weight excluding hydrogens is 332 g/mol. The minimum absolute atomic E-state index is 0.0683. The van der Waals surface area contributed by atoms with Crippen molar-refractivity contribution in [3.8, 4) is 11.1 Å². The lowest BCUT2D eigenvalue weighted by Crippen LogP contribution is -2.37. The monoisotopic (exact) mass is 354 g/mol. The van der Waals surface area contributed by atoms with Crippen molar-refractivity contribution < 1.29 is 4.79 Å². The van der Waals surface area contributed by atoms with Crippen molar-refractivity contribution in [1.82, 2.24) is 4.90 Å². The van der Waals surface area contributed by atoms with Gasteiger partial charge in [0.1, 0.15) is 0 Å². The maximum atomic E-state index is 12.7. The van der Waals surface area contributed by atoms with Crippen LogP contribution >= 0.6 is 0 Å². The number of carbonyl (C=O) groups is 1. The maximum Gasteiger partial charge on any atom is 0.238 e. The quantitative estimate of drug-likeness (QED) is 0.596. The number of fused-ring (bicyclic) bond motifs is 4. The molecule has 0 saturated carbocycles. The second kappa shape index (κ2) is 6.67. The fourth-order valence-corrected chi connectivity index (χ4v) is 4.36. The van der Waals surface area contributed by atoms with Gasteiger partial charge in [-0.3, -0.25) is 9.69 Å². The fourth-order valence-electron chi connectivity index (χ4n) is 4.36. The Balaban J connectivity index is 1.30. The van der Waals surface area contributed by atoms with Crippen molar-refractivity contribution in [2.45, 2.75) is 19.4 Å². The largest absolute Gasteiger partial charge is 0.325 e. The van der Waals surface area contributed by atoms with E-state index in [1.807, 2.05) is 12.1 Å². The Morgan fingerprint density at radius 3 is 2.48 bits per heavy atom. The molecule has 134 valence electrons. The van der Waals surface area contributed by atoms with Gasteiger partial charge < -0.3 is 5.32 Å². The number of nitrogens with zero attached hydrogens (tertiary/aromatic N) is 1. The first-order chi connectivity index (χ1) is 13.3. The summed E-state index contributed by atoms with van der Waals surface area (Å²) in [6.07, 6.45) is 1.90. The average Bonchev–Trinajstić information content (AvgIpc) is 3.08. The SMILES string of the molecule is O=C(CN1CCc2ccccc2C1)Nc1cccc2c1Cc1ccccc1-2. The Labute approximate surface area is 159 Å². The third-order valence-electron chi connectivity index (χ3n) is 5.70. The average molecular weight is 354 g/mol. The minimum atomic E-state index is 0.0683. The molecule has 0 spiro atoms. The van der Waals surface area contributed by atoms with Gasteiger partial charge in [-0.05, 0) is 45.9 Å². The first-order valence-corrected chi connectivity index (χ1v) is 9.57. The van der Waals surface area contributed by atoms with Crippen LogP contribution in [0.5, 0.6) is 0 Å². The highest BCUT2D eigenvalue weighted by Crippen LogP contribution is 2.39. The summed E-state index contributed by atoms with van der Waals surface area (Å²) in [5.41, 5.74) is 8.80. The summed E-state index contributed by atoms with van der Waals surface area (Å²) in [7, 11) is 0. The Kier molecular flexibility index (Phi) is 4.02. The number of hydrogen-bond donors (Lipinski definition) is 1. The number of benzene rings is 3. The molecule has 0 radical (unpaired) electrons. The molecule has 1 aliphatic heterocycles. The van der Waals surface area contributed by atoms with Crippen LogP contribution < -0.4 is 5.32 Å². The van der Waals surface area contributed by atoms with Crippen LogP contribution in [0.15, 0.2) is 66.7 Å². The van der Waals surface area contributed by atoms with Crippen molar-refractivity contribution in [1.29, 1.82) is 0 Å². The minimum Gasteiger partial charge on any atom is -0.325 e. The van der Waals surface area contributed by atoms with Crippen LogP contribution in [0.4, 0.5) is 5.69 Å². The first kappa shape index (κ1) is 16.3. The summed E-state index contributed by atoms with van der Waals surface area (Å²) in [5.74, 6) is 0.0683. The van der Waals surface area contributed by atoms with Gasteiger partial charge in [-0.2, -0.15) is 0 Å². The molecule has 1 N–H and O–H groups in total. The number of carbonyl (C=O) groups excluding carboxylic acids is 1. The summed E-state index contributed by atoms with van der Waals surface area (Å²) >= 11 is 0. The number of amides is 1. The zero-order chi connectivity index (χ0) is 18.2. The highest BCUT2D eigenvalue weighted by atomic mass is 16.2. The maximum absolute atomic E-state index is 12.7. The topological polar surface area (TPSA) is 32.3 Å². The third kappa shape index (κ3) is 3.04. The summed E-state index contributed by atoms with van der Waals surface area (Å²) in [5, 5.41) is 3.17. The van der Waals surface area contributed by atoms with E-state index in [-0.39, 0.29) is 5.91 Å². The van der Waals surface area contributed by atoms with E-state index < -0.39 is 0 Å². The van der Waals surface area contributed by atoms with Crippen molar-refractivity contribution in [3.05, 3.63) is 89.0 Å². The van der Waals surface area contributed by atoms with Gasteiger partial charge in [-0.15, -0.1) is 0 Å². The summed E-state index contributed by atoms with van der Waals surface area (Å²) in [6.45, 7) is 2.22. The summed E-state index contributed by atoms with van der Waals surface area (Å²) < 4.78 is 0. The van der Waals surface area contributed by atoms with Gasteiger partial charge in [0.25, 0.3) is 0 Å². The van der Waals surface area contributed by atoms with Crippen molar-refractivity contribution >= 4 is 11.6 Å². The van der Waals surface area contributed by atoms with E-state index in [9.17, 15) is 4.79 Å². The van der Waals surface area contributed by atoms with Gasteiger partial charge in [0.15, 0.2) is 0 Å². The van der Waals surface area contributed by atoms with Gasteiger partial charge in [-0.1, -0.05) is 60.7 Å². The number of nitrogens with one attached hydrogen (secondary N) is 1. The summed E-state index contributed by atoms with van der Waals surface area (Å²) in [4.78, 5) is 14.9. The predicted molar refractivity (Wildman–Crippen MR) is 109 cm³/mol. The molecule has 27 heavy (non-hydrogen) atoms. The molecular formula is C24H22N2O. The molecule has 0 atom stereocenters. The van der Waals surface area contributed by atoms with Crippen LogP contribution in [0, 0.1) is 0 Å². The fraction of sp³-hybridized carbons (Fsp3) is 0.208. The molecule has 1 aliphatic carbocycles. The highest BCUT2D eigenvalue weighted by Gasteiger charge is 2.22. The standard InChI is InChI=1S/C24H22N2O/c27-24(16-26-13-12-17-6-1-2-8-19(17)15-26)25-23-11-5-10-21-20-9-4-3-7-18(20)14-22(21)23/h1-11H,12-16H2,(H,25,27). The van der Waals surface area contributed by atoms with E-state index in [4.69, 9.17) is 0 Å². The van der Waals surface area contributed by atoms with Gasteiger partial charge in [0.05, 0.1) is 6.54 Å². The van der Waals surface area contributed by atoms with E-state index in [0.29, 0.717) is 6.54 Å². The molecule has 0 saturated heterocycles. The molecule has 0 fully saturated rings. The molecule has 3 heteroatoms. The first-order valence-electron chi connectivity index (χ1n) is 9.57. The molecule has 0 unspecified atom stereocenters. The second-order valence-electron chi connectivity index (χ2n) is 7.44. The van der Waals surface area contributed by atoms with Crippen LogP contribution in [0.2, 0.25) is 0 Å². The van der Waals surface area contributed by atoms with Gasteiger partial charge >= 0.3 is 0 Å². The highest BCUT2D eigenvalue weighted by molar-refractivity contribution is 5.95. The van der Waals surface area contributed by atoms with E-state index in [0.717, 1.165) is 31.6 Å². The van der Waals surface area contributed by atoms with Crippen molar-refractivity contribution in [2.24, 2.45) is 0 Å². The van der Waals surface area contributed by atoms with E-state index in [2.05, 4.69) is 64.8 Å². The van der Waals surface area contributed by atoms with Crippen molar-refractivity contribution in [2.75, 3.05) is 18.4 Å². The van der Waals surface area contributed by atoms with Gasteiger partial charge in [0, 0.05) is 25.2 Å². The molecule has 3 aromatic carbocycles. The molecule has 0 aromatic heterocycles. The van der Waals surface area contributed by atoms with Gasteiger partial charge in [-0.25, -0.2) is 0 Å². The lowest BCUT2D eigenvalue weighted by atomic mass is 10.00. The molecule has 3 aromatic rings. The smallest absolute Gasteiger partial charge is 0.238 e. The number of hydrogen-bond acceptors (Lipinski definition) is 2. The molecule has 1 amide bonds.